The quantitative estimate of drug-likeness (QED) is 0.595. The molecule has 86 valence electrons. The van der Waals surface area contributed by atoms with Gasteiger partial charge in [0.25, 0.3) is 0 Å². The van der Waals surface area contributed by atoms with Crippen molar-refractivity contribution >= 4 is 5.69 Å². The van der Waals surface area contributed by atoms with E-state index in [9.17, 15) is 18.9 Å². The van der Waals surface area contributed by atoms with Crippen LogP contribution in [0.4, 0.5) is 14.5 Å². The Morgan fingerprint density at radius 1 is 1.18 bits per heavy atom. The van der Waals surface area contributed by atoms with Crippen molar-refractivity contribution in [1.29, 1.82) is 0 Å². The number of nitro groups is 1. The molecule has 17 heavy (non-hydrogen) atoms. The first-order valence-corrected chi connectivity index (χ1v) is 4.64. The fourth-order valence-corrected chi connectivity index (χ4v) is 1.39. The smallest absolute Gasteiger partial charge is 0.258 e. The van der Waals surface area contributed by atoms with Gasteiger partial charge in [-0.3, -0.25) is 15.1 Å². The predicted molar refractivity (Wildman–Crippen MR) is 56.2 cm³/mol. The predicted octanol–water partition coefficient (Wildman–Crippen LogP) is 2.94. The van der Waals surface area contributed by atoms with E-state index in [2.05, 4.69) is 4.98 Å². The summed E-state index contributed by atoms with van der Waals surface area (Å²) in [7, 11) is 0. The zero-order valence-electron chi connectivity index (χ0n) is 8.43. The highest BCUT2D eigenvalue weighted by atomic mass is 19.1. The van der Waals surface area contributed by atoms with Gasteiger partial charge in [-0.05, 0) is 18.2 Å². The van der Waals surface area contributed by atoms with E-state index in [1.807, 2.05) is 0 Å². The second-order valence-corrected chi connectivity index (χ2v) is 3.26. The third-order valence-corrected chi connectivity index (χ3v) is 2.18. The molecule has 0 saturated carbocycles. The second kappa shape index (κ2) is 4.25. The van der Waals surface area contributed by atoms with Crippen LogP contribution in [0.1, 0.15) is 0 Å². The molecule has 1 heterocycles. The molecule has 0 saturated heterocycles. The van der Waals surface area contributed by atoms with Gasteiger partial charge < -0.3 is 0 Å². The number of aromatic nitrogens is 1. The van der Waals surface area contributed by atoms with E-state index in [1.54, 1.807) is 0 Å². The van der Waals surface area contributed by atoms with Crippen LogP contribution >= 0.6 is 0 Å². The van der Waals surface area contributed by atoms with Gasteiger partial charge in [-0.15, -0.1) is 0 Å². The van der Waals surface area contributed by atoms with Gasteiger partial charge in [-0.2, -0.15) is 4.39 Å². The molecule has 0 unspecified atom stereocenters. The summed E-state index contributed by atoms with van der Waals surface area (Å²) in [5.41, 5.74) is -0.513. The minimum atomic E-state index is -0.975. The van der Waals surface area contributed by atoms with Crippen LogP contribution in [0.25, 0.3) is 11.3 Å². The number of halogens is 2. The Labute approximate surface area is 94.7 Å². The van der Waals surface area contributed by atoms with Gasteiger partial charge in [0.15, 0.2) is 0 Å². The van der Waals surface area contributed by atoms with Crippen LogP contribution in [0.3, 0.4) is 0 Å². The van der Waals surface area contributed by atoms with Crippen molar-refractivity contribution < 1.29 is 13.7 Å². The average molecular weight is 236 g/mol. The fourth-order valence-electron chi connectivity index (χ4n) is 1.39. The first-order valence-electron chi connectivity index (χ1n) is 4.64. The largest absolute Gasteiger partial charge is 0.305 e. The van der Waals surface area contributed by atoms with E-state index in [0.29, 0.717) is 0 Å². The molecule has 0 N–H and O–H groups in total. The summed E-state index contributed by atoms with van der Waals surface area (Å²) in [5.74, 6) is -1.53. The van der Waals surface area contributed by atoms with E-state index < -0.39 is 22.2 Å². The summed E-state index contributed by atoms with van der Waals surface area (Å²) in [6, 6.07) is 6.13. The van der Waals surface area contributed by atoms with Crippen LogP contribution in [0.5, 0.6) is 0 Å². The van der Waals surface area contributed by atoms with Gasteiger partial charge in [-0.1, -0.05) is 6.07 Å². The Balaban J connectivity index is 2.56. The monoisotopic (exact) mass is 236 g/mol. The Morgan fingerprint density at radius 3 is 2.53 bits per heavy atom. The molecule has 0 atom stereocenters. The van der Waals surface area contributed by atoms with Crippen molar-refractivity contribution in [3.63, 3.8) is 0 Å². The molecule has 2 rings (SSSR count). The summed E-state index contributed by atoms with van der Waals surface area (Å²) in [6.07, 6.45) is 0.924. The van der Waals surface area contributed by atoms with Crippen LogP contribution in [0, 0.1) is 21.7 Å². The molecule has 0 fully saturated rings. The molecule has 1 aromatic carbocycles. The lowest BCUT2D eigenvalue weighted by Gasteiger charge is -2.02. The van der Waals surface area contributed by atoms with Crippen molar-refractivity contribution in [1.82, 2.24) is 4.98 Å². The second-order valence-electron chi connectivity index (χ2n) is 3.26. The molecule has 0 amide bonds. The van der Waals surface area contributed by atoms with Crippen molar-refractivity contribution in [3.8, 4) is 11.3 Å². The SMILES string of the molecule is O=[N+]([O-])c1cccc(-c2ccc(F)cn2)c1F. The van der Waals surface area contributed by atoms with E-state index in [-0.39, 0.29) is 11.3 Å². The number of pyridine rings is 1. The number of hydrogen-bond acceptors (Lipinski definition) is 3. The van der Waals surface area contributed by atoms with E-state index in [1.165, 1.54) is 18.2 Å². The Hall–Kier alpha value is -2.37. The zero-order valence-corrected chi connectivity index (χ0v) is 8.43. The standard InChI is InChI=1S/C11H6F2N2O2/c12-7-4-5-9(14-6-7)8-2-1-3-10(11(8)13)15(16)17/h1-6H. The topological polar surface area (TPSA) is 56.0 Å². The highest BCUT2D eigenvalue weighted by molar-refractivity contribution is 5.63. The highest BCUT2D eigenvalue weighted by Gasteiger charge is 2.18. The van der Waals surface area contributed by atoms with Crippen LogP contribution in [-0.4, -0.2) is 9.91 Å². The maximum absolute atomic E-state index is 13.7. The van der Waals surface area contributed by atoms with E-state index >= 15 is 0 Å². The van der Waals surface area contributed by atoms with Crippen molar-refractivity contribution in [3.05, 3.63) is 58.3 Å². The normalized spacial score (nSPS) is 10.2. The Kier molecular flexibility index (Phi) is 2.78. The summed E-state index contributed by atoms with van der Waals surface area (Å²) < 4.78 is 26.4. The lowest BCUT2D eigenvalue weighted by molar-refractivity contribution is -0.387. The third-order valence-electron chi connectivity index (χ3n) is 2.18. The van der Waals surface area contributed by atoms with Gasteiger partial charge >= 0.3 is 5.69 Å². The van der Waals surface area contributed by atoms with Gasteiger partial charge in [-0.25, -0.2) is 4.39 Å². The molecule has 1 aromatic heterocycles. The van der Waals surface area contributed by atoms with Crippen LogP contribution < -0.4 is 0 Å². The summed E-state index contributed by atoms with van der Waals surface area (Å²) >= 11 is 0. The molecular weight excluding hydrogens is 230 g/mol. The highest BCUT2D eigenvalue weighted by Crippen LogP contribution is 2.27. The molecule has 0 aliphatic rings. The van der Waals surface area contributed by atoms with Crippen LogP contribution in [0.2, 0.25) is 0 Å². The number of benzene rings is 1. The van der Waals surface area contributed by atoms with Gasteiger partial charge in [0.2, 0.25) is 5.82 Å². The first-order chi connectivity index (χ1) is 8.09. The molecule has 0 aliphatic carbocycles. The molecule has 0 spiro atoms. The first kappa shape index (κ1) is 11.1. The number of hydrogen-bond donors (Lipinski definition) is 0. The van der Waals surface area contributed by atoms with Gasteiger partial charge in [0.1, 0.15) is 5.82 Å². The van der Waals surface area contributed by atoms with Crippen molar-refractivity contribution in [2.24, 2.45) is 0 Å². The van der Waals surface area contributed by atoms with Crippen LogP contribution in [0.15, 0.2) is 36.5 Å². The fraction of sp³-hybridized carbons (Fsp3) is 0. The molecule has 4 nitrogen and oxygen atoms in total. The maximum Gasteiger partial charge on any atom is 0.305 e. The molecule has 0 aliphatic heterocycles. The summed E-state index contributed by atoms with van der Waals surface area (Å²) in [5, 5.41) is 10.5. The molecule has 0 radical (unpaired) electrons. The molecule has 0 bridgehead atoms. The van der Waals surface area contributed by atoms with Crippen LogP contribution in [-0.2, 0) is 0 Å². The molecule has 2 aromatic rings. The zero-order chi connectivity index (χ0) is 12.4. The summed E-state index contributed by atoms with van der Waals surface area (Å²) in [6.45, 7) is 0. The number of nitrogens with zero attached hydrogens (tertiary/aromatic N) is 2. The van der Waals surface area contributed by atoms with Crippen molar-refractivity contribution in [2.45, 2.75) is 0 Å². The lowest BCUT2D eigenvalue weighted by Crippen LogP contribution is -1.95. The van der Waals surface area contributed by atoms with Gasteiger partial charge in [0.05, 0.1) is 16.8 Å². The summed E-state index contributed by atoms with van der Waals surface area (Å²) in [4.78, 5) is 13.4. The molecule has 6 heteroatoms. The van der Waals surface area contributed by atoms with Crippen molar-refractivity contribution in [2.75, 3.05) is 0 Å². The Bertz CT molecular complexity index is 570. The number of nitro benzene ring substituents is 1. The van der Waals surface area contributed by atoms with E-state index in [4.69, 9.17) is 0 Å². The third kappa shape index (κ3) is 2.10. The molecular formula is C11H6F2N2O2. The van der Waals surface area contributed by atoms with E-state index in [0.717, 1.165) is 18.3 Å². The average Bonchev–Trinajstić information content (AvgIpc) is 2.30. The minimum absolute atomic E-state index is 0.0285. The maximum atomic E-state index is 13.7. The Morgan fingerprint density at radius 2 is 1.94 bits per heavy atom. The lowest BCUT2D eigenvalue weighted by atomic mass is 10.1. The number of rotatable bonds is 2. The minimum Gasteiger partial charge on any atom is -0.258 e. The van der Waals surface area contributed by atoms with Gasteiger partial charge in [0, 0.05) is 11.6 Å².